The number of nitrogens with zero attached hydrogens (tertiary/aromatic N) is 1. The zero-order valence-corrected chi connectivity index (χ0v) is 11.9. The van der Waals surface area contributed by atoms with Gasteiger partial charge in [-0.2, -0.15) is 5.10 Å². The highest BCUT2D eigenvalue weighted by Gasteiger charge is 2.15. The van der Waals surface area contributed by atoms with E-state index in [1.54, 1.807) is 32.9 Å². The van der Waals surface area contributed by atoms with Crippen LogP contribution in [0.1, 0.15) is 26.3 Å². The molecule has 4 nitrogen and oxygen atoms in total. The van der Waals surface area contributed by atoms with Gasteiger partial charge < -0.3 is 4.74 Å². The summed E-state index contributed by atoms with van der Waals surface area (Å²) >= 11 is 3.15. The molecule has 0 aliphatic heterocycles. The van der Waals surface area contributed by atoms with Gasteiger partial charge >= 0.3 is 6.09 Å². The first-order chi connectivity index (χ1) is 8.28. The van der Waals surface area contributed by atoms with Crippen LogP contribution in [0.15, 0.2) is 27.8 Å². The fraction of sp³-hybridized carbons (Fsp3) is 0.333. The molecule has 0 aromatic heterocycles. The number of rotatable bonds is 2. The van der Waals surface area contributed by atoms with Crippen LogP contribution in [0.25, 0.3) is 0 Å². The van der Waals surface area contributed by atoms with Gasteiger partial charge in [0, 0.05) is 10.0 Å². The van der Waals surface area contributed by atoms with Crippen molar-refractivity contribution >= 4 is 28.2 Å². The summed E-state index contributed by atoms with van der Waals surface area (Å²) in [6, 6.07) is 4.53. The zero-order chi connectivity index (χ0) is 13.8. The van der Waals surface area contributed by atoms with E-state index in [1.807, 2.05) is 0 Å². The van der Waals surface area contributed by atoms with E-state index in [0.29, 0.717) is 4.47 Å². The monoisotopic (exact) mass is 316 g/mol. The van der Waals surface area contributed by atoms with Gasteiger partial charge in [-0.3, -0.25) is 0 Å². The average Bonchev–Trinajstić information content (AvgIpc) is 2.18. The Bertz CT molecular complexity index is 470. The third-order valence-electron chi connectivity index (χ3n) is 1.72. The second-order valence-electron chi connectivity index (χ2n) is 4.54. The first-order valence-electron chi connectivity index (χ1n) is 5.25. The van der Waals surface area contributed by atoms with Crippen LogP contribution in [0.2, 0.25) is 0 Å². The number of halogens is 2. The quantitative estimate of drug-likeness (QED) is 0.671. The molecule has 0 saturated carbocycles. The number of amides is 1. The molecule has 0 unspecified atom stereocenters. The Morgan fingerprint density at radius 3 is 2.72 bits per heavy atom. The van der Waals surface area contributed by atoms with Crippen molar-refractivity contribution in [3.63, 3.8) is 0 Å². The Hall–Kier alpha value is -1.43. The number of hydrazone groups is 1. The first kappa shape index (κ1) is 14.6. The number of carbonyl (C=O) groups excluding carboxylic acids is 1. The molecule has 0 spiro atoms. The van der Waals surface area contributed by atoms with E-state index in [4.69, 9.17) is 4.74 Å². The summed E-state index contributed by atoms with van der Waals surface area (Å²) in [5.74, 6) is -0.431. The van der Waals surface area contributed by atoms with Gasteiger partial charge in [-0.05, 0) is 39.0 Å². The Labute approximate surface area is 113 Å². The number of hydrogen-bond donors (Lipinski definition) is 1. The lowest BCUT2D eigenvalue weighted by atomic mass is 10.2. The highest BCUT2D eigenvalue weighted by molar-refractivity contribution is 9.10. The molecule has 18 heavy (non-hydrogen) atoms. The molecule has 0 aliphatic rings. The van der Waals surface area contributed by atoms with Crippen molar-refractivity contribution in [1.82, 2.24) is 5.43 Å². The second-order valence-corrected chi connectivity index (χ2v) is 5.45. The highest BCUT2D eigenvalue weighted by atomic mass is 79.9. The van der Waals surface area contributed by atoms with Gasteiger partial charge in [0.1, 0.15) is 11.4 Å². The molecule has 1 rings (SSSR count). The van der Waals surface area contributed by atoms with Gasteiger partial charge in [0.25, 0.3) is 0 Å². The summed E-state index contributed by atoms with van der Waals surface area (Å²) in [5.41, 5.74) is 1.84. The predicted octanol–water partition coefficient (Wildman–Crippen LogP) is 3.45. The molecule has 0 heterocycles. The predicted molar refractivity (Wildman–Crippen MR) is 71.1 cm³/mol. The van der Waals surface area contributed by atoms with Crippen LogP contribution in [-0.4, -0.2) is 17.9 Å². The minimum Gasteiger partial charge on any atom is -0.443 e. The molecule has 1 N–H and O–H groups in total. The van der Waals surface area contributed by atoms with E-state index in [0.717, 1.165) is 0 Å². The summed E-state index contributed by atoms with van der Waals surface area (Å²) in [6.07, 6.45) is 0.530. The standard InChI is InChI=1S/C12H14BrFN2O2/c1-12(2,3)18-11(17)16-15-7-8-4-5-9(13)6-10(8)14/h4-7H,1-3H3,(H,16,17). The van der Waals surface area contributed by atoms with Crippen LogP contribution in [0.4, 0.5) is 9.18 Å². The van der Waals surface area contributed by atoms with Crippen LogP contribution in [0.5, 0.6) is 0 Å². The third-order valence-corrected chi connectivity index (χ3v) is 2.21. The van der Waals surface area contributed by atoms with Crippen molar-refractivity contribution in [2.75, 3.05) is 0 Å². The van der Waals surface area contributed by atoms with Crippen LogP contribution in [0.3, 0.4) is 0 Å². The number of hydrogen-bond acceptors (Lipinski definition) is 3. The number of ether oxygens (including phenoxy) is 1. The normalized spacial score (nSPS) is 11.6. The number of benzene rings is 1. The van der Waals surface area contributed by atoms with Crippen molar-refractivity contribution < 1.29 is 13.9 Å². The van der Waals surface area contributed by atoms with Crippen molar-refractivity contribution in [2.24, 2.45) is 5.10 Å². The molecule has 0 bridgehead atoms. The van der Waals surface area contributed by atoms with Crippen molar-refractivity contribution in [3.05, 3.63) is 34.1 Å². The molecule has 98 valence electrons. The summed E-state index contributed by atoms with van der Waals surface area (Å²) in [7, 11) is 0. The Kier molecular flexibility index (Phi) is 4.84. The van der Waals surface area contributed by atoms with Gasteiger partial charge in [-0.25, -0.2) is 14.6 Å². The van der Waals surface area contributed by atoms with E-state index >= 15 is 0 Å². The topological polar surface area (TPSA) is 50.7 Å². The van der Waals surface area contributed by atoms with Gasteiger partial charge in [0.05, 0.1) is 6.21 Å². The maximum absolute atomic E-state index is 13.4. The zero-order valence-electron chi connectivity index (χ0n) is 10.3. The van der Waals surface area contributed by atoms with Gasteiger partial charge in [0.2, 0.25) is 0 Å². The minimum atomic E-state index is -0.684. The Morgan fingerprint density at radius 2 is 2.17 bits per heavy atom. The SMILES string of the molecule is CC(C)(C)OC(=O)NN=Cc1ccc(Br)cc1F. The second kappa shape index (κ2) is 5.95. The molecule has 0 aliphatic carbocycles. The van der Waals surface area contributed by atoms with E-state index in [-0.39, 0.29) is 5.56 Å². The van der Waals surface area contributed by atoms with E-state index < -0.39 is 17.5 Å². The van der Waals surface area contributed by atoms with Crippen molar-refractivity contribution in [3.8, 4) is 0 Å². The number of carbonyl (C=O) groups is 1. The molecule has 1 amide bonds. The van der Waals surface area contributed by atoms with Gasteiger partial charge in [-0.1, -0.05) is 15.9 Å². The van der Waals surface area contributed by atoms with Crippen molar-refractivity contribution in [1.29, 1.82) is 0 Å². The summed E-state index contributed by atoms with van der Waals surface area (Å²) < 4.78 is 19.0. The van der Waals surface area contributed by atoms with E-state index in [2.05, 4.69) is 26.5 Å². The average molecular weight is 317 g/mol. The first-order valence-corrected chi connectivity index (χ1v) is 6.04. The smallest absolute Gasteiger partial charge is 0.428 e. The van der Waals surface area contributed by atoms with Crippen LogP contribution in [-0.2, 0) is 4.74 Å². The highest BCUT2D eigenvalue weighted by Crippen LogP contribution is 2.13. The fourth-order valence-electron chi connectivity index (χ4n) is 1.06. The molecule has 1 aromatic rings. The van der Waals surface area contributed by atoms with Gasteiger partial charge in [-0.15, -0.1) is 0 Å². The molecule has 0 fully saturated rings. The van der Waals surface area contributed by atoms with Gasteiger partial charge in [0.15, 0.2) is 0 Å². The van der Waals surface area contributed by atoms with Crippen LogP contribution < -0.4 is 5.43 Å². The largest absolute Gasteiger partial charge is 0.443 e. The van der Waals surface area contributed by atoms with Crippen LogP contribution in [0, 0.1) is 5.82 Å². The third kappa shape index (κ3) is 5.27. The maximum atomic E-state index is 13.4. The Balaban J connectivity index is 2.58. The van der Waals surface area contributed by atoms with Crippen LogP contribution >= 0.6 is 15.9 Å². The molecule has 6 heteroatoms. The lowest BCUT2D eigenvalue weighted by Crippen LogP contribution is -2.29. The van der Waals surface area contributed by atoms with E-state index in [1.165, 1.54) is 12.3 Å². The fourth-order valence-corrected chi connectivity index (χ4v) is 1.39. The Morgan fingerprint density at radius 1 is 1.50 bits per heavy atom. The minimum absolute atomic E-state index is 0.272. The lowest BCUT2D eigenvalue weighted by molar-refractivity contribution is 0.0529. The molecule has 0 radical (unpaired) electrons. The summed E-state index contributed by atoms with van der Waals surface area (Å²) in [5, 5.41) is 3.61. The maximum Gasteiger partial charge on any atom is 0.428 e. The lowest BCUT2D eigenvalue weighted by Gasteiger charge is -2.18. The molecular weight excluding hydrogens is 303 g/mol. The van der Waals surface area contributed by atoms with Crippen molar-refractivity contribution in [2.45, 2.75) is 26.4 Å². The number of nitrogens with one attached hydrogen (secondary N) is 1. The molecule has 0 atom stereocenters. The summed E-state index contributed by atoms with van der Waals surface area (Å²) in [4.78, 5) is 11.2. The summed E-state index contributed by atoms with van der Waals surface area (Å²) in [6.45, 7) is 5.22. The molecule has 0 saturated heterocycles. The van der Waals surface area contributed by atoms with E-state index in [9.17, 15) is 9.18 Å². The molecule has 1 aromatic carbocycles. The molecular formula is C12H14BrFN2O2.